The number of alkyl halides is 3. The Morgan fingerprint density at radius 1 is 1.25 bits per heavy atom. The molecule has 4 heterocycles. The number of aromatic nitrogens is 2. The molecule has 7 nitrogen and oxygen atoms in total. The summed E-state index contributed by atoms with van der Waals surface area (Å²) >= 11 is 0. The zero-order valence-corrected chi connectivity index (χ0v) is 16.8. The second kappa shape index (κ2) is 6.80. The van der Waals surface area contributed by atoms with Gasteiger partial charge in [0.1, 0.15) is 12.4 Å². The Labute approximate surface area is 179 Å². The molecule has 0 amide bonds. The number of ether oxygens (including phenoxy) is 2. The molecule has 0 radical (unpaired) electrons. The van der Waals surface area contributed by atoms with Crippen molar-refractivity contribution in [2.24, 2.45) is 0 Å². The molecule has 1 atom stereocenters. The van der Waals surface area contributed by atoms with E-state index >= 15 is 0 Å². The van der Waals surface area contributed by atoms with Gasteiger partial charge in [-0.1, -0.05) is 6.92 Å². The first-order chi connectivity index (χ1) is 15.1. The summed E-state index contributed by atoms with van der Waals surface area (Å²) in [7, 11) is 0. The van der Waals surface area contributed by atoms with Crippen LogP contribution in [0.2, 0.25) is 0 Å². The number of rotatable bonds is 3. The summed E-state index contributed by atoms with van der Waals surface area (Å²) in [5, 5.41) is 11.4. The van der Waals surface area contributed by atoms with Crippen LogP contribution in [0.25, 0.3) is 22.3 Å². The molecule has 166 valence electrons. The van der Waals surface area contributed by atoms with Gasteiger partial charge in [-0.15, -0.1) is 0 Å². The van der Waals surface area contributed by atoms with Crippen LogP contribution in [0.3, 0.4) is 0 Å². The number of cyclic esters (lactones) is 1. The summed E-state index contributed by atoms with van der Waals surface area (Å²) in [4.78, 5) is 29.9. The van der Waals surface area contributed by atoms with Gasteiger partial charge in [-0.05, 0) is 36.8 Å². The number of carbonyl (C=O) groups excluding carboxylic acids is 1. The second-order valence-electron chi connectivity index (χ2n) is 7.86. The van der Waals surface area contributed by atoms with Crippen molar-refractivity contribution in [2.75, 3.05) is 6.61 Å². The first-order valence-corrected chi connectivity index (χ1v) is 9.91. The summed E-state index contributed by atoms with van der Waals surface area (Å²) in [5.41, 5.74) is 0.323. The molecular formula is C22H17F3N2O5. The first kappa shape index (κ1) is 20.5. The summed E-state index contributed by atoms with van der Waals surface area (Å²) in [6, 6.07) is 7.76. The molecule has 0 saturated carbocycles. The van der Waals surface area contributed by atoms with Gasteiger partial charge in [-0.3, -0.25) is 4.79 Å². The molecule has 32 heavy (non-hydrogen) atoms. The fourth-order valence-electron chi connectivity index (χ4n) is 4.22. The van der Waals surface area contributed by atoms with E-state index < -0.39 is 24.4 Å². The highest BCUT2D eigenvalue weighted by Gasteiger charge is 2.45. The average molecular weight is 446 g/mol. The molecule has 2 aliphatic heterocycles. The van der Waals surface area contributed by atoms with Gasteiger partial charge in [0.15, 0.2) is 12.2 Å². The van der Waals surface area contributed by atoms with Crippen LogP contribution in [0.4, 0.5) is 13.2 Å². The first-order valence-electron chi connectivity index (χ1n) is 9.91. The molecule has 10 heteroatoms. The van der Waals surface area contributed by atoms with Crippen LogP contribution < -0.4 is 10.3 Å². The lowest BCUT2D eigenvalue weighted by atomic mass is 9.86. The molecule has 0 saturated heterocycles. The van der Waals surface area contributed by atoms with Gasteiger partial charge in [0.2, 0.25) is 0 Å². The highest BCUT2D eigenvalue weighted by atomic mass is 19.4. The van der Waals surface area contributed by atoms with E-state index in [0.717, 1.165) is 0 Å². The molecule has 2 aromatic heterocycles. The van der Waals surface area contributed by atoms with Gasteiger partial charge >= 0.3 is 12.1 Å². The number of hydrogen-bond acceptors (Lipinski definition) is 6. The lowest BCUT2D eigenvalue weighted by Crippen LogP contribution is -2.44. The Morgan fingerprint density at radius 2 is 2.03 bits per heavy atom. The van der Waals surface area contributed by atoms with Gasteiger partial charge in [0.25, 0.3) is 5.56 Å². The van der Waals surface area contributed by atoms with Gasteiger partial charge in [-0.25, -0.2) is 9.78 Å². The summed E-state index contributed by atoms with van der Waals surface area (Å²) < 4.78 is 48.7. The van der Waals surface area contributed by atoms with Crippen LogP contribution in [0.15, 0.2) is 35.1 Å². The number of fused-ring (bicyclic) bond motifs is 5. The Hall–Kier alpha value is -3.40. The van der Waals surface area contributed by atoms with E-state index in [0.29, 0.717) is 27.9 Å². The third-order valence-electron chi connectivity index (χ3n) is 5.88. The smallest absolute Gasteiger partial charge is 0.422 e. The average Bonchev–Trinajstić information content (AvgIpc) is 3.11. The molecule has 0 fully saturated rings. The van der Waals surface area contributed by atoms with Crippen LogP contribution in [0.5, 0.6) is 5.75 Å². The van der Waals surface area contributed by atoms with E-state index in [1.807, 2.05) is 0 Å². The zero-order chi connectivity index (χ0) is 22.8. The van der Waals surface area contributed by atoms with Crippen LogP contribution >= 0.6 is 0 Å². The second-order valence-corrected chi connectivity index (χ2v) is 7.86. The van der Waals surface area contributed by atoms with Gasteiger partial charge in [-0.2, -0.15) is 13.2 Å². The monoisotopic (exact) mass is 446 g/mol. The molecule has 1 N–H and O–H groups in total. The standard InChI is InChI=1S/C22H17F3N2O5/c1-2-21(30)15-7-17-18-12(8-27(17)19(28)14(15)9-31-20(21)29)5-11-6-13(3-4-16(11)26-18)32-10-22(23,24)25/h3-7,30H,2,8-10H2,1H3/t21-/m0/s1. The molecule has 3 aromatic rings. The van der Waals surface area contributed by atoms with E-state index in [2.05, 4.69) is 4.98 Å². The molecule has 5 rings (SSSR count). The Bertz CT molecular complexity index is 1350. The molecule has 0 unspecified atom stereocenters. The molecule has 2 aliphatic rings. The zero-order valence-electron chi connectivity index (χ0n) is 16.8. The Balaban J connectivity index is 1.61. The minimum atomic E-state index is -4.45. The van der Waals surface area contributed by atoms with Crippen molar-refractivity contribution < 1.29 is 32.5 Å². The maximum Gasteiger partial charge on any atom is 0.422 e. The van der Waals surface area contributed by atoms with E-state index in [1.165, 1.54) is 16.7 Å². The van der Waals surface area contributed by atoms with Crippen molar-refractivity contribution in [3.8, 4) is 17.1 Å². The van der Waals surface area contributed by atoms with Gasteiger partial charge in [0.05, 0.1) is 29.0 Å². The Morgan fingerprint density at radius 3 is 2.75 bits per heavy atom. The molecule has 0 spiro atoms. The number of esters is 1. The van der Waals surface area contributed by atoms with Crippen molar-refractivity contribution in [3.05, 3.63) is 57.4 Å². The van der Waals surface area contributed by atoms with E-state index in [9.17, 15) is 27.9 Å². The fraction of sp³-hybridized carbons (Fsp3) is 0.318. The van der Waals surface area contributed by atoms with Crippen LogP contribution in [0.1, 0.15) is 30.0 Å². The minimum absolute atomic E-state index is 0.0421. The largest absolute Gasteiger partial charge is 0.484 e. The van der Waals surface area contributed by atoms with Crippen molar-refractivity contribution in [1.29, 1.82) is 0 Å². The van der Waals surface area contributed by atoms with Crippen molar-refractivity contribution in [2.45, 2.75) is 38.3 Å². The number of aliphatic hydroxyl groups is 1. The third kappa shape index (κ3) is 3.05. The number of halogens is 3. The number of hydrogen-bond donors (Lipinski definition) is 1. The maximum absolute atomic E-state index is 13.1. The van der Waals surface area contributed by atoms with Crippen LogP contribution in [-0.2, 0) is 28.3 Å². The molecule has 1 aromatic carbocycles. The third-order valence-corrected chi connectivity index (χ3v) is 5.88. The molecular weight excluding hydrogens is 429 g/mol. The van der Waals surface area contributed by atoms with Crippen molar-refractivity contribution >= 4 is 16.9 Å². The normalized spacial score (nSPS) is 19.3. The molecule has 0 bridgehead atoms. The highest BCUT2D eigenvalue weighted by molar-refractivity contribution is 5.87. The SMILES string of the molecule is CC[C@@]1(O)C(=O)OCc2c1cc1n(c2=O)Cc2cc3cc(OCC(F)(F)F)ccc3nc2-1. The fourth-order valence-corrected chi connectivity index (χ4v) is 4.22. The van der Waals surface area contributed by atoms with E-state index in [-0.39, 0.29) is 42.0 Å². The number of carbonyl (C=O) groups is 1. The van der Waals surface area contributed by atoms with Gasteiger partial charge in [0, 0.05) is 16.5 Å². The van der Waals surface area contributed by atoms with Crippen molar-refractivity contribution in [3.63, 3.8) is 0 Å². The highest BCUT2D eigenvalue weighted by Crippen LogP contribution is 2.38. The summed E-state index contributed by atoms with van der Waals surface area (Å²) in [6.45, 7) is 0.205. The lowest BCUT2D eigenvalue weighted by molar-refractivity contribution is -0.172. The minimum Gasteiger partial charge on any atom is -0.484 e. The Kier molecular flexibility index (Phi) is 4.35. The van der Waals surface area contributed by atoms with Crippen LogP contribution in [0, 0.1) is 0 Å². The van der Waals surface area contributed by atoms with Crippen molar-refractivity contribution in [1.82, 2.24) is 9.55 Å². The predicted molar refractivity (Wildman–Crippen MR) is 106 cm³/mol. The lowest BCUT2D eigenvalue weighted by Gasteiger charge is -2.31. The number of nitrogens with zero attached hydrogens (tertiary/aromatic N) is 2. The number of pyridine rings is 2. The topological polar surface area (TPSA) is 90.7 Å². The maximum atomic E-state index is 13.1. The number of benzene rings is 1. The van der Waals surface area contributed by atoms with Gasteiger partial charge < -0.3 is 19.1 Å². The molecule has 0 aliphatic carbocycles. The summed E-state index contributed by atoms with van der Waals surface area (Å²) in [5.74, 6) is -0.740. The quantitative estimate of drug-likeness (QED) is 0.487. The van der Waals surface area contributed by atoms with E-state index in [1.54, 1.807) is 25.1 Å². The van der Waals surface area contributed by atoms with Crippen LogP contribution in [-0.4, -0.2) is 33.4 Å². The van der Waals surface area contributed by atoms with E-state index in [4.69, 9.17) is 9.47 Å². The predicted octanol–water partition coefficient (Wildman–Crippen LogP) is 3.02. The summed E-state index contributed by atoms with van der Waals surface area (Å²) in [6.07, 6.45) is -4.40.